The third-order valence-electron chi connectivity index (χ3n) is 6.09. The zero-order valence-electron chi connectivity index (χ0n) is 21.7. The minimum atomic E-state index is -0.435. The van der Waals surface area contributed by atoms with E-state index in [1.54, 1.807) is 36.4 Å². The fraction of sp³-hybridized carbons (Fsp3) is 0.207. The number of hydrogen-bond acceptors (Lipinski definition) is 8. The number of ether oxygens (including phenoxy) is 4. The van der Waals surface area contributed by atoms with Gasteiger partial charge in [0.05, 0.1) is 18.1 Å². The summed E-state index contributed by atoms with van der Waals surface area (Å²) in [5.74, 6) is 1.08. The van der Waals surface area contributed by atoms with Crippen molar-refractivity contribution in [3.05, 3.63) is 81.2 Å². The van der Waals surface area contributed by atoms with Crippen molar-refractivity contribution in [3.63, 3.8) is 0 Å². The normalized spacial score (nSPS) is 15.1. The molecule has 0 aliphatic carbocycles. The smallest absolute Gasteiger partial charge is 0.293 e. The highest BCUT2D eigenvalue weighted by Crippen LogP contribution is 2.40. The third-order valence-corrected chi connectivity index (χ3v) is 7.35. The number of rotatable bonds is 9. The lowest BCUT2D eigenvalue weighted by Gasteiger charge is -2.14. The number of amides is 3. The highest BCUT2D eigenvalue weighted by molar-refractivity contribution is 8.18. The summed E-state index contributed by atoms with van der Waals surface area (Å²) >= 11 is 7.19. The van der Waals surface area contributed by atoms with Crippen molar-refractivity contribution in [2.75, 3.05) is 25.3 Å². The van der Waals surface area contributed by atoms with Crippen LogP contribution in [0.5, 0.6) is 23.0 Å². The van der Waals surface area contributed by atoms with Gasteiger partial charge in [0, 0.05) is 16.8 Å². The van der Waals surface area contributed by atoms with Gasteiger partial charge in [0.1, 0.15) is 0 Å². The first-order valence-corrected chi connectivity index (χ1v) is 13.6. The van der Waals surface area contributed by atoms with E-state index in [0.717, 1.165) is 22.2 Å². The average molecular weight is 581 g/mol. The second-order valence-electron chi connectivity index (χ2n) is 8.86. The molecule has 1 saturated heterocycles. The van der Waals surface area contributed by atoms with Crippen molar-refractivity contribution in [1.29, 1.82) is 0 Å². The van der Waals surface area contributed by atoms with Gasteiger partial charge in [-0.05, 0) is 72.6 Å². The first-order chi connectivity index (χ1) is 19.3. The largest absolute Gasteiger partial charge is 0.490 e. The summed E-state index contributed by atoms with van der Waals surface area (Å²) in [7, 11) is 0. The maximum Gasteiger partial charge on any atom is 0.293 e. The molecule has 0 aromatic heterocycles. The van der Waals surface area contributed by atoms with Gasteiger partial charge in [0.25, 0.3) is 17.1 Å². The zero-order valence-corrected chi connectivity index (χ0v) is 23.3. The van der Waals surface area contributed by atoms with Crippen LogP contribution in [-0.4, -0.2) is 42.0 Å². The molecule has 11 heteroatoms. The molecule has 5 rings (SSSR count). The predicted molar refractivity (Wildman–Crippen MR) is 152 cm³/mol. The zero-order chi connectivity index (χ0) is 28.2. The fourth-order valence-corrected chi connectivity index (χ4v) is 5.13. The number of imide groups is 1. The SMILES string of the molecule is CCOc1cc(/C=C2/SC(=O)N(Cc3cc4c(cc3Cl)OCO4)C2=O)ccc1OCC(=O)Nc1ccccc1C. The first kappa shape index (κ1) is 27.4. The van der Waals surface area contributed by atoms with E-state index in [4.69, 9.17) is 30.5 Å². The molecule has 2 heterocycles. The van der Waals surface area contributed by atoms with E-state index < -0.39 is 11.1 Å². The summed E-state index contributed by atoms with van der Waals surface area (Å²) in [4.78, 5) is 39.6. The Hall–Kier alpha value is -4.15. The lowest BCUT2D eigenvalue weighted by Crippen LogP contribution is -2.27. The number of hydrogen-bond donors (Lipinski definition) is 1. The summed E-state index contributed by atoms with van der Waals surface area (Å²) in [5, 5.41) is 2.79. The monoisotopic (exact) mass is 580 g/mol. The van der Waals surface area contributed by atoms with E-state index in [2.05, 4.69) is 5.32 Å². The number of anilines is 1. The van der Waals surface area contributed by atoms with Gasteiger partial charge in [-0.1, -0.05) is 35.9 Å². The van der Waals surface area contributed by atoms with Crippen LogP contribution in [-0.2, 0) is 16.1 Å². The Morgan fingerprint density at radius 2 is 1.85 bits per heavy atom. The van der Waals surface area contributed by atoms with Crippen molar-refractivity contribution in [1.82, 2.24) is 4.90 Å². The van der Waals surface area contributed by atoms with Gasteiger partial charge in [-0.25, -0.2) is 0 Å². The molecule has 3 aromatic rings. The molecule has 0 spiro atoms. The highest BCUT2D eigenvalue weighted by atomic mass is 35.5. The number of halogens is 1. The van der Waals surface area contributed by atoms with Crippen LogP contribution in [0.1, 0.15) is 23.6 Å². The fourth-order valence-electron chi connectivity index (χ4n) is 4.08. The number of carbonyl (C=O) groups excluding carboxylic acids is 3. The minimum absolute atomic E-state index is 0.000969. The average Bonchev–Trinajstić information content (AvgIpc) is 3.48. The Morgan fingerprint density at radius 1 is 1.07 bits per heavy atom. The van der Waals surface area contributed by atoms with Crippen molar-refractivity contribution in [3.8, 4) is 23.0 Å². The molecule has 1 fully saturated rings. The van der Waals surface area contributed by atoms with E-state index >= 15 is 0 Å². The van der Waals surface area contributed by atoms with Crippen LogP contribution >= 0.6 is 23.4 Å². The molecule has 0 saturated carbocycles. The number of nitrogens with zero attached hydrogens (tertiary/aromatic N) is 1. The van der Waals surface area contributed by atoms with Crippen molar-refractivity contribution in [2.24, 2.45) is 0 Å². The van der Waals surface area contributed by atoms with Crippen molar-refractivity contribution >= 4 is 52.2 Å². The molecule has 1 N–H and O–H groups in total. The summed E-state index contributed by atoms with van der Waals surface area (Å²) in [6.07, 6.45) is 1.61. The van der Waals surface area contributed by atoms with E-state index in [1.165, 1.54) is 0 Å². The van der Waals surface area contributed by atoms with Gasteiger partial charge >= 0.3 is 0 Å². The molecular weight excluding hydrogens is 556 g/mol. The molecule has 2 aliphatic rings. The molecule has 3 aromatic carbocycles. The van der Waals surface area contributed by atoms with E-state index in [1.807, 2.05) is 38.1 Å². The molecule has 2 aliphatic heterocycles. The number of carbonyl (C=O) groups is 3. The quantitative estimate of drug-likeness (QED) is 0.306. The van der Waals surface area contributed by atoms with Crippen LogP contribution in [0.15, 0.2) is 59.5 Å². The van der Waals surface area contributed by atoms with Crippen LogP contribution in [0.4, 0.5) is 10.5 Å². The summed E-state index contributed by atoms with van der Waals surface area (Å²) in [6, 6.07) is 15.8. The van der Waals surface area contributed by atoms with E-state index in [-0.39, 0.29) is 30.8 Å². The number of para-hydroxylation sites is 1. The molecular formula is C29H25ClN2O7S. The van der Waals surface area contributed by atoms with Crippen molar-refractivity contribution in [2.45, 2.75) is 20.4 Å². The maximum atomic E-state index is 13.1. The summed E-state index contributed by atoms with van der Waals surface area (Å²) in [6.45, 7) is 3.97. The molecule has 0 atom stereocenters. The van der Waals surface area contributed by atoms with E-state index in [0.29, 0.717) is 51.4 Å². The summed E-state index contributed by atoms with van der Waals surface area (Å²) in [5.41, 5.74) is 2.86. The van der Waals surface area contributed by atoms with Crippen LogP contribution in [0.2, 0.25) is 5.02 Å². The van der Waals surface area contributed by atoms with Gasteiger partial charge in [-0.15, -0.1) is 0 Å². The Morgan fingerprint density at radius 3 is 2.62 bits per heavy atom. The van der Waals surface area contributed by atoms with E-state index in [9.17, 15) is 14.4 Å². The molecule has 3 amide bonds. The van der Waals surface area contributed by atoms with Gasteiger partial charge in [-0.3, -0.25) is 19.3 Å². The number of nitrogens with one attached hydrogen (secondary N) is 1. The van der Waals surface area contributed by atoms with Crippen LogP contribution in [0.25, 0.3) is 6.08 Å². The Labute approximate surface area is 240 Å². The van der Waals surface area contributed by atoms with Crippen molar-refractivity contribution < 1.29 is 33.3 Å². The Bertz CT molecular complexity index is 1520. The number of fused-ring (bicyclic) bond motifs is 1. The topological polar surface area (TPSA) is 103 Å². The minimum Gasteiger partial charge on any atom is -0.490 e. The maximum absolute atomic E-state index is 13.1. The van der Waals surface area contributed by atoms with Gasteiger partial charge in [0.15, 0.2) is 29.6 Å². The number of benzene rings is 3. The molecule has 40 heavy (non-hydrogen) atoms. The standard InChI is InChI=1S/C29H25ClN2O7S/c1-3-36-23-10-18(8-9-22(23)37-15-27(33)31-21-7-5-4-6-17(21)2)11-26-28(34)32(29(35)40-26)14-19-12-24-25(13-20(19)30)39-16-38-24/h4-13H,3,14-16H2,1-2H3,(H,31,33)/b26-11+. The lowest BCUT2D eigenvalue weighted by atomic mass is 10.1. The molecule has 0 bridgehead atoms. The third kappa shape index (κ3) is 6.03. The Kier molecular flexibility index (Phi) is 8.18. The van der Waals surface area contributed by atoms with Crippen LogP contribution in [0.3, 0.4) is 0 Å². The highest BCUT2D eigenvalue weighted by Gasteiger charge is 2.36. The predicted octanol–water partition coefficient (Wildman–Crippen LogP) is 6.03. The number of thioether (sulfide) groups is 1. The molecule has 0 radical (unpaired) electrons. The Balaban J connectivity index is 1.27. The summed E-state index contributed by atoms with van der Waals surface area (Å²) < 4.78 is 22.1. The molecule has 0 unspecified atom stereocenters. The first-order valence-electron chi connectivity index (χ1n) is 12.4. The van der Waals surface area contributed by atoms with Gasteiger partial charge < -0.3 is 24.3 Å². The lowest BCUT2D eigenvalue weighted by molar-refractivity contribution is -0.123. The second kappa shape index (κ2) is 11.9. The van der Waals surface area contributed by atoms with Crippen LogP contribution < -0.4 is 24.3 Å². The van der Waals surface area contributed by atoms with Crippen LogP contribution in [0, 0.1) is 6.92 Å². The molecule has 9 nitrogen and oxygen atoms in total. The second-order valence-corrected chi connectivity index (χ2v) is 10.3. The van der Waals surface area contributed by atoms with Gasteiger partial charge in [0.2, 0.25) is 6.79 Å². The molecule has 206 valence electrons. The van der Waals surface area contributed by atoms with Gasteiger partial charge in [-0.2, -0.15) is 0 Å². The number of aryl methyl sites for hydroxylation is 1.